The summed E-state index contributed by atoms with van der Waals surface area (Å²) in [6.45, 7) is 6.87. The first kappa shape index (κ1) is 25.2. The second kappa shape index (κ2) is 11.3. The van der Waals surface area contributed by atoms with Crippen molar-refractivity contribution in [3.05, 3.63) is 106 Å². The highest BCUT2D eigenvalue weighted by Gasteiger charge is 2.46. The maximum atomic E-state index is 13.2. The molecule has 1 aliphatic heterocycles. The van der Waals surface area contributed by atoms with Crippen LogP contribution in [0.25, 0.3) is 5.76 Å². The minimum atomic E-state index is -0.640. The third-order valence-corrected chi connectivity index (χ3v) is 6.71. The molecule has 1 fully saturated rings. The van der Waals surface area contributed by atoms with E-state index < -0.39 is 17.7 Å². The zero-order chi connectivity index (χ0) is 25.7. The fourth-order valence-electron chi connectivity index (χ4n) is 4.71. The molecule has 1 aliphatic rings. The van der Waals surface area contributed by atoms with Crippen molar-refractivity contribution in [3.63, 3.8) is 0 Å². The lowest BCUT2D eigenvalue weighted by Crippen LogP contribution is -2.31. The summed E-state index contributed by atoms with van der Waals surface area (Å²) in [6, 6.07) is 22.3. The molecular weight excluding hydrogens is 450 g/mol. The van der Waals surface area contributed by atoms with Crippen molar-refractivity contribution in [1.29, 1.82) is 0 Å². The molecule has 1 unspecified atom stereocenters. The van der Waals surface area contributed by atoms with Gasteiger partial charge >= 0.3 is 0 Å². The summed E-state index contributed by atoms with van der Waals surface area (Å²) in [5.41, 5.74) is 4.35. The molecule has 36 heavy (non-hydrogen) atoms. The van der Waals surface area contributed by atoms with Gasteiger partial charge in [0.05, 0.1) is 11.6 Å². The third-order valence-electron chi connectivity index (χ3n) is 6.71. The van der Waals surface area contributed by atoms with Gasteiger partial charge in [-0.15, -0.1) is 0 Å². The van der Waals surface area contributed by atoms with Crippen molar-refractivity contribution < 1.29 is 19.4 Å². The normalized spacial score (nSPS) is 17.0. The van der Waals surface area contributed by atoms with Crippen LogP contribution in [-0.4, -0.2) is 28.2 Å². The number of likely N-dealkylation sites (tertiary alicyclic amines) is 1. The second-order valence-electron chi connectivity index (χ2n) is 9.31. The fraction of sp³-hybridized carbons (Fsp3) is 0.290. The molecule has 0 radical (unpaired) electrons. The number of hydrogen-bond acceptors (Lipinski definition) is 4. The number of benzene rings is 3. The summed E-state index contributed by atoms with van der Waals surface area (Å²) < 4.78 is 5.97. The van der Waals surface area contributed by atoms with Crippen molar-refractivity contribution in [2.45, 2.75) is 52.7 Å². The molecule has 1 amide bonds. The molecule has 3 aromatic rings. The zero-order valence-corrected chi connectivity index (χ0v) is 21.2. The largest absolute Gasteiger partial charge is 0.507 e. The number of Topliss-reactive ketones (excluding diaryl/α,β-unsaturated/α-hetero) is 1. The van der Waals surface area contributed by atoms with E-state index in [1.165, 1.54) is 0 Å². The van der Waals surface area contributed by atoms with Gasteiger partial charge in [-0.3, -0.25) is 9.59 Å². The van der Waals surface area contributed by atoms with E-state index in [9.17, 15) is 14.7 Å². The van der Waals surface area contributed by atoms with Gasteiger partial charge in [-0.2, -0.15) is 0 Å². The highest BCUT2D eigenvalue weighted by molar-refractivity contribution is 6.46. The average Bonchev–Trinajstić information content (AvgIpc) is 3.13. The van der Waals surface area contributed by atoms with Gasteiger partial charge < -0.3 is 14.7 Å². The van der Waals surface area contributed by atoms with Crippen LogP contribution in [0.3, 0.4) is 0 Å². The quantitative estimate of drug-likeness (QED) is 0.163. The van der Waals surface area contributed by atoms with E-state index >= 15 is 0 Å². The number of carbonyl (C=O) groups excluding carboxylic acids is 2. The van der Waals surface area contributed by atoms with E-state index in [0.29, 0.717) is 24.5 Å². The van der Waals surface area contributed by atoms with Crippen LogP contribution in [-0.2, 0) is 16.2 Å². The van der Waals surface area contributed by atoms with E-state index in [-0.39, 0.29) is 11.3 Å². The van der Waals surface area contributed by atoms with Gasteiger partial charge in [0.25, 0.3) is 11.7 Å². The van der Waals surface area contributed by atoms with E-state index in [4.69, 9.17) is 4.74 Å². The van der Waals surface area contributed by atoms with Crippen molar-refractivity contribution >= 4 is 17.4 Å². The fourth-order valence-corrected chi connectivity index (χ4v) is 4.71. The lowest BCUT2D eigenvalue weighted by atomic mass is 9.92. The maximum absolute atomic E-state index is 13.2. The number of unbranched alkanes of at least 4 members (excludes halogenated alkanes) is 2. The van der Waals surface area contributed by atoms with Crippen molar-refractivity contribution in [2.24, 2.45) is 0 Å². The van der Waals surface area contributed by atoms with Crippen molar-refractivity contribution in [3.8, 4) is 5.75 Å². The number of amides is 1. The Morgan fingerprint density at radius 3 is 2.33 bits per heavy atom. The number of carbonyl (C=O) groups is 2. The Morgan fingerprint density at radius 2 is 1.64 bits per heavy atom. The first-order chi connectivity index (χ1) is 17.4. The van der Waals surface area contributed by atoms with Crippen molar-refractivity contribution in [1.82, 2.24) is 4.90 Å². The topological polar surface area (TPSA) is 66.8 Å². The number of nitrogens with zero attached hydrogens (tertiary/aromatic N) is 1. The number of aryl methyl sites for hydroxylation is 2. The molecule has 1 atom stereocenters. The van der Waals surface area contributed by atoms with Gasteiger partial charge in [-0.05, 0) is 60.7 Å². The Morgan fingerprint density at radius 1 is 0.917 bits per heavy atom. The molecule has 5 heteroatoms. The van der Waals surface area contributed by atoms with E-state index in [1.807, 2.05) is 68.4 Å². The van der Waals surface area contributed by atoms with Gasteiger partial charge in [-0.25, -0.2) is 0 Å². The first-order valence-corrected chi connectivity index (χ1v) is 12.5. The number of aliphatic hydroxyl groups excluding tert-OH is 1. The monoisotopic (exact) mass is 483 g/mol. The molecule has 4 rings (SSSR count). The number of ether oxygens (including phenoxy) is 1. The molecule has 3 aromatic carbocycles. The van der Waals surface area contributed by atoms with Gasteiger partial charge in [0.1, 0.15) is 18.1 Å². The molecule has 0 spiro atoms. The molecule has 0 aliphatic carbocycles. The highest BCUT2D eigenvalue weighted by atomic mass is 16.5. The molecular formula is C31H33NO4. The van der Waals surface area contributed by atoms with Crippen LogP contribution in [0.2, 0.25) is 0 Å². The number of hydrogen-bond donors (Lipinski definition) is 1. The summed E-state index contributed by atoms with van der Waals surface area (Å²) in [7, 11) is 0. The molecule has 1 heterocycles. The van der Waals surface area contributed by atoms with Gasteiger partial charge in [-0.1, -0.05) is 74.4 Å². The van der Waals surface area contributed by atoms with E-state index in [1.54, 1.807) is 23.1 Å². The van der Waals surface area contributed by atoms with Crippen LogP contribution in [0.5, 0.6) is 5.75 Å². The van der Waals surface area contributed by atoms with Crippen LogP contribution < -0.4 is 4.74 Å². The van der Waals surface area contributed by atoms with Crippen LogP contribution in [0.4, 0.5) is 0 Å². The molecule has 0 bridgehead atoms. The van der Waals surface area contributed by atoms with Gasteiger partial charge in [0.15, 0.2) is 0 Å². The molecule has 0 saturated carbocycles. The molecule has 5 nitrogen and oxygen atoms in total. The van der Waals surface area contributed by atoms with Crippen LogP contribution in [0, 0.1) is 13.8 Å². The first-order valence-electron chi connectivity index (χ1n) is 12.5. The summed E-state index contributed by atoms with van der Waals surface area (Å²) in [5, 5.41) is 11.4. The summed E-state index contributed by atoms with van der Waals surface area (Å²) in [5.74, 6) is -0.650. The minimum Gasteiger partial charge on any atom is -0.507 e. The highest BCUT2D eigenvalue weighted by Crippen LogP contribution is 2.41. The van der Waals surface area contributed by atoms with Crippen molar-refractivity contribution in [2.75, 3.05) is 6.54 Å². The molecule has 186 valence electrons. The predicted molar refractivity (Wildman–Crippen MR) is 142 cm³/mol. The van der Waals surface area contributed by atoms with Crippen LogP contribution in [0.15, 0.2) is 78.4 Å². The number of ketones is 1. The zero-order valence-electron chi connectivity index (χ0n) is 21.2. The Labute approximate surface area is 213 Å². The molecule has 1 saturated heterocycles. The van der Waals surface area contributed by atoms with Gasteiger partial charge in [0, 0.05) is 12.1 Å². The Hall–Kier alpha value is -3.86. The van der Waals surface area contributed by atoms with Crippen LogP contribution >= 0.6 is 0 Å². The Kier molecular flexibility index (Phi) is 7.89. The maximum Gasteiger partial charge on any atom is 0.295 e. The lowest BCUT2D eigenvalue weighted by Gasteiger charge is -2.26. The average molecular weight is 484 g/mol. The Balaban J connectivity index is 1.70. The molecule has 0 aromatic heterocycles. The summed E-state index contributed by atoms with van der Waals surface area (Å²) >= 11 is 0. The SMILES string of the molecule is CCCCCN1C(=O)C(=O)/C(=C(/O)c2ccc(OCc3ccccc3)c(C)c2)C1c1ccccc1C. The number of rotatable bonds is 9. The smallest absolute Gasteiger partial charge is 0.295 e. The minimum absolute atomic E-state index is 0.142. The molecule has 1 N–H and O–H groups in total. The standard InChI is InChI=1S/C31H33NO4/c1-4-5-11-18-32-28(25-15-10-9-12-21(25)2)27(30(34)31(32)35)29(33)24-16-17-26(22(3)19-24)36-20-23-13-7-6-8-14-23/h6-10,12-17,19,28,33H,4-5,11,18,20H2,1-3H3/b29-27+. The number of aliphatic hydroxyl groups is 1. The third kappa shape index (κ3) is 5.20. The van der Waals surface area contributed by atoms with E-state index in [2.05, 4.69) is 6.92 Å². The summed E-state index contributed by atoms with van der Waals surface area (Å²) in [6.07, 6.45) is 2.78. The van der Waals surface area contributed by atoms with E-state index in [0.717, 1.165) is 41.5 Å². The summed E-state index contributed by atoms with van der Waals surface area (Å²) in [4.78, 5) is 27.9. The predicted octanol–water partition coefficient (Wildman–Crippen LogP) is 6.49. The lowest BCUT2D eigenvalue weighted by molar-refractivity contribution is -0.139. The Bertz CT molecular complexity index is 1280. The van der Waals surface area contributed by atoms with Gasteiger partial charge in [0.2, 0.25) is 0 Å². The van der Waals surface area contributed by atoms with Crippen LogP contribution in [0.1, 0.15) is 60.0 Å². The second-order valence-corrected chi connectivity index (χ2v) is 9.31.